The maximum atomic E-state index is 14.6. The minimum Gasteiger partial charge on any atom is -0.493 e. The lowest BCUT2D eigenvalue weighted by Crippen LogP contribution is -2.59. The molecule has 0 spiro atoms. The van der Waals surface area contributed by atoms with Crippen LogP contribution in [0.4, 0.5) is 0 Å². The molecule has 0 aromatic heterocycles. The Kier molecular flexibility index (Phi) is 17.6. The summed E-state index contributed by atoms with van der Waals surface area (Å²) in [6.45, 7) is 13.4. The Morgan fingerprint density at radius 2 is 1.00 bits per heavy atom. The average Bonchev–Trinajstić information content (AvgIpc) is 4.01. The standard InChI is InChI=1S/C55H74N10O10/c1-31(57-9)47(67)63-46(55(5,6)7)53(73)65-30-35(27-41(65)51(71)61-39-23-25-75-43-17-13-11-15-37(39)43)59-49(69)33-20-18-32(19-21-33)48(68)58-34-26-40(50(70)60-38-22-24-74-42-16-12-10-14-36(38)42)64(29-34)52(72)45(54(2,3)4)62-44(66)28-56-8/h10-21,31,34-35,38-41,45-46,56-57H,22-30H2,1-9H3,(H,58,68)(H,59,69)(H,60,70)(H,61,71)(H,62,66)(H,63,67)/t31-,34-,35-,38+,39+,40-,41-,45+,46+/m0/s1. The summed E-state index contributed by atoms with van der Waals surface area (Å²) in [5.41, 5.74) is 0.582. The first kappa shape index (κ1) is 55.7. The van der Waals surface area contributed by atoms with Gasteiger partial charge in [-0.2, -0.15) is 0 Å². The van der Waals surface area contributed by atoms with Crippen molar-refractivity contribution in [2.24, 2.45) is 10.8 Å². The van der Waals surface area contributed by atoms with Crippen molar-refractivity contribution in [3.8, 4) is 11.5 Å². The number of carbonyl (C=O) groups excluding carboxylic acids is 8. The summed E-state index contributed by atoms with van der Waals surface area (Å²) in [6, 6.07) is 14.2. The fraction of sp³-hybridized carbons (Fsp3) is 0.527. The number of benzene rings is 3. The number of ether oxygens (including phenoxy) is 2. The molecule has 0 bridgehead atoms. The van der Waals surface area contributed by atoms with E-state index in [0.717, 1.165) is 11.1 Å². The van der Waals surface area contributed by atoms with Gasteiger partial charge in [-0.15, -0.1) is 0 Å². The number of likely N-dealkylation sites (tertiary alicyclic amines) is 2. The summed E-state index contributed by atoms with van der Waals surface area (Å²) in [4.78, 5) is 114. The van der Waals surface area contributed by atoms with Crippen molar-refractivity contribution < 1.29 is 47.8 Å². The van der Waals surface area contributed by atoms with Crippen molar-refractivity contribution >= 4 is 47.3 Å². The van der Waals surface area contributed by atoms with E-state index in [-0.39, 0.29) is 67.5 Å². The number of hydrogen-bond donors (Lipinski definition) is 8. The van der Waals surface area contributed by atoms with Crippen molar-refractivity contribution in [2.45, 2.75) is 129 Å². The third-order valence-electron chi connectivity index (χ3n) is 14.4. The van der Waals surface area contributed by atoms with E-state index in [1.54, 1.807) is 21.0 Å². The van der Waals surface area contributed by atoms with Gasteiger partial charge in [-0.05, 0) is 81.1 Å². The molecule has 8 N–H and O–H groups in total. The van der Waals surface area contributed by atoms with Gasteiger partial charge in [0.15, 0.2) is 0 Å². The molecule has 4 heterocycles. The number of hydrogen-bond acceptors (Lipinski definition) is 12. The van der Waals surface area contributed by atoms with Crippen LogP contribution in [0.1, 0.15) is 118 Å². The van der Waals surface area contributed by atoms with E-state index in [1.165, 1.54) is 34.1 Å². The lowest BCUT2D eigenvalue weighted by molar-refractivity contribution is -0.144. The summed E-state index contributed by atoms with van der Waals surface area (Å²) in [6.07, 6.45) is 1.21. The third kappa shape index (κ3) is 13.3. The second-order valence-electron chi connectivity index (χ2n) is 22.1. The Morgan fingerprint density at radius 3 is 1.40 bits per heavy atom. The lowest BCUT2D eigenvalue weighted by atomic mass is 9.85. The Balaban J connectivity index is 1.05. The van der Waals surface area contributed by atoms with Gasteiger partial charge in [0.25, 0.3) is 11.8 Å². The molecule has 8 amide bonds. The zero-order valence-corrected chi connectivity index (χ0v) is 44.5. The van der Waals surface area contributed by atoms with Crippen LogP contribution in [-0.4, -0.2) is 146 Å². The number of amides is 8. The maximum Gasteiger partial charge on any atom is 0.251 e. The largest absolute Gasteiger partial charge is 0.493 e. The molecule has 4 aliphatic heterocycles. The predicted octanol–water partition coefficient (Wildman–Crippen LogP) is 2.25. The highest BCUT2D eigenvalue weighted by molar-refractivity contribution is 5.99. The van der Waals surface area contributed by atoms with E-state index in [4.69, 9.17) is 9.47 Å². The van der Waals surface area contributed by atoms with Crippen molar-refractivity contribution in [1.29, 1.82) is 0 Å². The van der Waals surface area contributed by atoms with Crippen LogP contribution in [0.15, 0.2) is 72.8 Å². The molecule has 2 saturated heterocycles. The number of nitrogens with one attached hydrogen (secondary N) is 8. The number of carbonyl (C=O) groups is 8. The van der Waals surface area contributed by atoms with Gasteiger partial charge in [0, 0.05) is 60.3 Å². The molecule has 3 aromatic rings. The first-order chi connectivity index (χ1) is 35.6. The van der Waals surface area contributed by atoms with E-state index in [9.17, 15) is 38.4 Å². The Morgan fingerprint density at radius 1 is 0.587 bits per heavy atom. The van der Waals surface area contributed by atoms with Crippen LogP contribution < -0.4 is 52.0 Å². The van der Waals surface area contributed by atoms with E-state index < -0.39 is 88.6 Å². The lowest BCUT2D eigenvalue weighted by Gasteiger charge is -2.36. The van der Waals surface area contributed by atoms with E-state index in [2.05, 4.69) is 42.5 Å². The molecule has 3 aromatic carbocycles. The minimum absolute atomic E-state index is 0.0117. The maximum absolute atomic E-state index is 14.6. The van der Waals surface area contributed by atoms with Gasteiger partial charge >= 0.3 is 0 Å². The Bertz CT molecular complexity index is 2610. The number of nitrogens with zero attached hydrogens (tertiary/aromatic N) is 2. The molecule has 20 nitrogen and oxygen atoms in total. The molecule has 0 saturated carbocycles. The molecule has 20 heteroatoms. The number of likely N-dealkylation sites (N-methyl/N-ethyl adjacent to an activating group) is 2. The monoisotopic (exact) mass is 1030 g/mol. The smallest absolute Gasteiger partial charge is 0.251 e. The summed E-state index contributed by atoms with van der Waals surface area (Å²) in [7, 11) is 3.27. The van der Waals surface area contributed by atoms with Crippen molar-refractivity contribution in [1.82, 2.24) is 52.3 Å². The minimum atomic E-state index is -1.00. The third-order valence-corrected chi connectivity index (χ3v) is 14.4. The summed E-state index contributed by atoms with van der Waals surface area (Å²) >= 11 is 0. The molecule has 2 fully saturated rings. The molecule has 9 atom stereocenters. The normalized spacial score (nSPS) is 22.4. The molecule has 0 aliphatic carbocycles. The number of para-hydroxylation sites is 2. The number of rotatable bonds is 16. The van der Waals surface area contributed by atoms with Gasteiger partial charge < -0.3 is 61.8 Å². The van der Waals surface area contributed by atoms with Crippen LogP contribution in [0, 0.1) is 10.8 Å². The second kappa shape index (κ2) is 23.6. The van der Waals surface area contributed by atoms with Gasteiger partial charge in [0.1, 0.15) is 35.7 Å². The highest BCUT2D eigenvalue weighted by atomic mass is 16.5. The van der Waals surface area contributed by atoms with Crippen LogP contribution in [-0.2, 0) is 28.8 Å². The average molecular weight is 1040 g/mol. The van der Waals surface area contributed by atoms with Crippen molar-refractivity contribution in [2.75, 3.05) is 46.9 Å². The molecular formula is C55H74N10O10. The SMILES string of the molecule is CNCC(=O)N[C@H](C(=O)N1C[C@@H](NC(=O)c2ccc(C(=O)N[C@H]3C[C@@H](C(=O)N[C@@H]4CCOc5ccccc54)N(C(=O)[C@@H](NC(=O)[C@H](C)NC)C(C)(C)C)C3)cc2)C[C@H]1C(=O)N[C@@H]1CCOc2ccccc21)C(C)(C)C. The predicted molar refractivity (Wildman–Crippen MR) is 279 cm³/mol. The van der Waals surface area contributed by atoms with E-state index in [1.807, 2.05) is 90.1 Å². The molecule has 75 heavy (non-hydrogen) atoms. The van der Waals surface area contributed by atoms with Crippen LogP contribution in [0.2, 0.25) is 0 Å². The van der Waals surface area contributed by atoms with E-state index >= 15 is 0 Å². The quantitative estimate of drug-likeness (QED) is 0.103. The van der Waals surface area contributed by atoms with Crippen molar-refractivity contribution in [3.05, 3.63) is 95.1 Å². The fourth-order valence-corrected chi connectivity index (χ4v) is 10.1. The van der Waals surface area contributed by atoms with Crippen LogP contribution in [0.25, 0.3) is 0 Å². The first-order valence-corrected chi connectivity index (χ1v) is 25.9. The van der Waals surface area contributed by atoms with Gasteiger partial charge in [0.2, 0.25) is 35.4 Å². The van der Waals surface area contributed by atoms with Gasteiger partial charge in [-0.3, -0.25) is 38.4 Å². The second-order valence-corrected chi connectivity index (χ2v) is 22.1. The summed E-state index contributed by atoms with van der Waals surface area (Å²) < 4.78 is 11.6. The van der Waals surface area contributed by atoms with Crippen LogP contribution in [0.5, 0.6) is 11.5 Å². The molecule has 404 valence electrons. The Hall–Kier alpha value is -7.06. The van der Waals surface area contributed by atoms with Crippen LogP contribution in [0.3, 0.4) is 0 Å². The zero-order valence-electron chi connectivity index (χ0n) is 44.5. The fourth-order valence-electron chi connectivity index (χ4n) is 10.1. The highest BCUT2D eigenvalue weighted by Crippen LogP contribution is 2.35. The Labute approximate surface area is 438 Å². The highest BCUT2D eigenvalue weighted by Gasteiger charge is 2.48. The molecule has 7 rings (SSSR count). The molecule has 0 radical (unpaired) electrons. The van der Waals surface area contributed by atoms with Crippen molar-refractivity contribution in [3.63, 3.8) is 0 Å². The molecular weight excluding hydrogens is 961 g/mol. The number of fused-ring (bicyclic) bond motifs is 2. The zero-order chi connectivity index (χ0) is 54.4. The van der Waals surface area contributed by atoms with Gasteiger partial charge in [-0.25, -0.2) is 0 Å². The van der Waals surface area contributed by atoms with Gasteiger partial charge in [-0.1, -0.05) is 77.9 Å². The summed E-state index contributed by atoms with van der Waals surface area (Å²) in [5, 5.41) is 23.7. The first-order valence-electron chi connectivity index (χ1n) is 25.9. The topological polar surface area (TPSA) is 258 Å². The summed E-state index contributed by atoms with van der Waals surface area (Å²) in [5.74, 6) is -2.16. The van der Waals surface area contributed by atoms with Crippen LogP contribution >= 0.6 is 0 Å². The molecule has 4 aliphatic rings. The van der Waals surface area contributed by atoms with E-state index in [0.29, 0.717) is 37.6 Å². The van der Waals surface area contributed by atoms with Gasteiger partial charge in [0.05, 0.1) is 37.9 Å². The molecule has 0 unspecified atom stereocenters.